The van der Waals surface area contributed by atoms with Crippen molar-refractivity contribution in [3.05, 3.63) is 23.8 Å². The number of carbonyl (C=O) groups is 2. The van der Waals surface area contributed by atoms with Crippen LogP contribution in [0.3, 0.4) is 0 Å². The molecule has 1 aromatic carbocycles. The average molecular weight is 298 g/mol. The summed E-state index contributed by atoms with van der Waals surface area (Å²) < 4.78 is 25.8. The van der Waals surface area contributed by atoms with E-state index in [1.807, 2.05) is 4.72 Å². The molecule has 9 heteroatoms. The monoisotopic (exact) mass is 298 g/mol. The molecule has 0 unspecified atom stereocenters. The predicted octanol–water partition coefficient (Wildman–Crippen LogP) is -0.482. The first-order valence-corrected chi connectivity index (χ1v) is 7.30. The fraction of sp³-hybridized carbons (Fsp3) is 0.273. The van der Waals surface area contributed by atoms with Crippen LogP contribution in [-0.4, -0.2) is 26.4 Å². The molecule has 6 N–H and O–H groups in total. The Hall–Kier alpha value is -2.29. The minimum Gasteiger partial charge on any atom is -0.398 e. The van der Waals surface area contributed by atoms with E-state index in [4.69, 9.17) is 11.5 Å². The van der Waals surface area contributed by atoms with E-state index in [9.17, 15) is 18.0 Å². The van der Waals surface area contributed by atoms with Gasteiger partial charge >= 0.3 is 6.03 Å². The Balaban J connectivity index is 2.20. The van der Waals surface area contributed by atoms with Gasteiger partial charge in [0.2, 0.25) is 5.91 Å². The topological polar surface area (TPSA) is 144 Å². The van der Waals surface area contributed by atoms with Gasteiger partial charge < -0.3 is 16.8 Å². The summed E-state index contributed by atoms with van der Waals surface area (Å²) in [7, 11) is -4.09. The van der Waals surface area contributed by atoms with E-state index in [2.05, 4.69) is 5.32 Å². The van der Waals surface area contributed by atoms with Gasteiger partial charge in [-0.25, -0.2) is 17.9 Å². The third kappa shape index (κ3) is 3.18. The van der Waals surface area contributed by atoms with Gasteiger partial charge in [0.05, 0.1) is 5.69 Å². The van der Waals surface area contributed by atoms with Crippen LogP contribution in [0.5, 0.6) is 0 Å². The lowest BCUT2D eigenvalue weighted by Gasteiger charge is -2.10. The number of nitrogens with two attached hydrogens (primary N) is 2. The van der Waals surface area contributed by atoms with Gasteiger partial charge in [0, 0.05) is 11.6 Å². The maximum Gasteiger partial charge on any atom is 0.328 e. The number of amides is 3. The number of urea groups is 1. The molecule has 2 rings (SSSR count). The molecule has 1 aliphatic carbocycles. The molecular formula is C11H14N4O4S. The van der Waals surface area contributed by atoms with Crippen molar-refractivity contribution < 1.29 is 18.0 Å². The lowest BCUT2D eigenvalue weighted by atomic mass is 10.2. The van der Waals surface area contributed by atoms with Gasteiger partial charge in [0.1, 0.15) is 4.90 Å². The van der Waals surface area contributed by atoms with Crippen LogP contribution in [0.25, 0.3) is 0 Å². The Morgan fingerprint density at radius 1 is 1.25 bits per heavy atom. The van der Waals surface area contributed by atoms with Crippen LogP contribution in [-0.2, 0) is 10.0 Å². The first kappa shape index (κ1) is 14.1. The second-order valence-electron chi connectivity index (χ2n) is 4.47. The zero-order valence-corrected chi connectivity index (χ0v) is 11.2. The number of nitrogen functional groups attached to an aromatic ring is 1. The van der Waals surface area contributed by atoms with Crippen molar-refractivity contribution in [2.24, 2.45) is 5.73 Å². The van der Waals surface area contributed by atoms with Crippen molar-refractivity contribution in [1.29, 1.82) is 0 Å². The molecular weight excluding hydrogens is 284 g/mol. The summed E-state index contributed by atoms with van der Waals surface area (Å²) in [4.78, 5) is 22.1. The Labute approximate surface area is 115 Å². The van der Waals surface area contributed by atoms with Crippen LogP contribution in [0.1, 0.15) is 23.2 Å². The molecule has 0 saturated heterocycles. The molecule has 0 heterocycles. The normalized spacial score (nSPS) is 14.6. The van der Waals surface area contributed by atoms with Gasteiger partial charge in [-0.15, -0.1) is 0 Å². The summed E-state index contributed by atoms with van der Waals surface area (Å²) >= 11 is 0. The molecule has 0 atom stereocenters. The van der Waals surface area contributed by atoms with Gasteiger partial charge in [-0.05, 0) is 31.0 Å². The second kappa shape index (κ2) is 5.00. The zero-order chi connectivity index (χ0) is 14.9. The van der Waals surface area contributed by atoms with Gasteiger partial charge in [0.15, 0.2) is 0 Å². The first-order chi connectivity index (χ1) is 9.29. The van der Waals surface area contributed by atoms with Crippen molar-refractivity contribution >= 4 is 27.6 Å². The summed E-state index contributed by atoms with van der Waals surface area (Å²) in [5, 5.41) is 2.48. The first-order valence-electron chi connectivity index (χ1n) is 5.82. The van der Waals surface area contributed by atoms with Crippen LogP contribution in [0.4, 0.5) is 10.5 Å². The highest BCUT2D eigenvalue weighted by molar-refractivity contribution is 7.90. The fourth-order valence-electron chi connectivity index (χ4n) is 1.57. The van der Waals surface area contributed by atoms with E-state index in [1.54, 1.807) is 0 Å². The highest BCUT2D eigenvalue weighted by atomic mass is 32.2. The maximum absolute atomic E-state index is 12.0. The number of hydrogen-bond donors (Lipinski definition) is 4. The number of nitrogens with one attached hydrogen (secondary N) is 2. The van der Waals surface area contributed by atoms with Crippen LogP contribution >= 0.6 is 0 Å². The summed E-state index contributed by atoms with van der Waals surface area (Å²) in [6.07, 6.45) is 1.67. The summed E-state index contributed by atoms with van der Waals surface area (Å²) in [5.41, 5.74) is 10.6. The van der Waals surface area contributed by atoms with Gasteiger partial charge in [-0.2, -0.15) is 0 Å². The maximum atomic E-state index is 12.0. The van der Waals surface area contributed by atoms with Crippen LogP contribution in [0.2, 0.25) is 0 Å². The number of anilines is 1. The summed E-state index contributed by atoms with van der Waals surface area (Å²) in [5.74, 6) is -0.722. The third-order valence-electron chi connectivity index (χ3n) is 2.72. The van der Waals surface area contributed by atoms with Crippen LogP contribution < -0.4 is 21.5 Å². The smallest absolute Gasteiger partial charge is 0.328 e. The lowest BCUT2D eigenvalue weighted by Crippen LogP contribution is -2.40. The van der Waals surface area contributed by atoms with E-state index in [1.165, 1.54) is 6.07 Å². The predicted molar refractivity (Wildman–Crippen MR) is 71.2 cm³/mol. The second-order valence-corrected chi connectivity index (χ2v) is 6.12. The Morgan fingerprint density at radius 3 is 2.40 bits per heavy atom. The molecule has 0 radical (unpaired) electrons. The highest BCUT2D eigenvalue weighted by Crippen LogP contribution is 2.21. The van der Waals surface area contributed by atoms with E-state index in [0.717, 1.165) is 25.0 Å². The van der Waals surface area contributed by atoms with Crippen molar-refractivity contribution in [2.75, 3.05) is 5.73 Å². The lowest BCUT2D eigenvalue weighted by molar-refractivity contribution is 0.1000. The van der Waals surface area contributed by atoms with E-state index < -0.39 is 22.0 Å². The molecule has 0 spiro atoms. The molecule has 1 fully saturated rings. The van der Waals surface area contributed by atoms with Crippen molar-refractivity contribution in [2.45, 2.75) is 23.8 Å². The Morgan fingerprint density at radius 2 is 1.90 bits per heavy atom. The number of hydrogen-bond acceptors (Lipinski definition) is 5. The number of rotatable bonds is 4. The van der Waals surface area contributed by atoms with E-state index >= 15 is 0 Å². The molecule has 108 valence electrons. The van der Waals surface area contributed by atoms with Gasteiger partial charge in [-0.1, -0.05) is 0 Å². The largest absolute Gasteiger partial charge is 0.398 e. The van der Waals surface area contributed by atoms with E-state index in [0.29, 0.717) is 0 Å². The molecule has 3 amide bonds. The Kier molecular flexibility index (Phi) is 3.53. The Bertz CT molecular complexity index is 667. The van der Waals surface area contributed by atoms with Crippen LogP contribution in [0.15, 0.2) is 23.1 Å². The molecule has 1 aliphatic rings. The zero-order valence-electron chi connectivity index (χ0n) is 10.4. The quantitative estimate of drug-likeness (QED) is 0.555. The molecule has 1 saturated carbocycles. The molecule has 0 bridgehead atoms. The molecule has 8 nitrogen and oxygen atoms in total. The summed E-state index contributed by atoms with van der Waals surface area (Å²) in [6.45, 7) is 0. The minimum atomic E-state index is -4.09. The minimum absolute atomic E-state index is 0.0276. The van der Waals surface area contributed by atoms with Crippen molar-refractivity contribution in [3.8, 4) is 0 Å². The van der Waals surface area contributed by atoms with Crippen molar-refractivity contribution in [3.63, 3.8) is 0 Å². The standard InChI is InChI=1S/C11H14N4O4S/c12-8-5-6(10(13)16)1-4-9(8)20(18,19)15-11(17)14-7-2-3-7/h1,4-5,7H,2-3,12H2,(H2,13,16)(H2,14,15,17). The van der Waals surface area contributed by atoms with Gasteiger partial charge in [-0.3, -0.25) is 4.79 Å². The molecule has 1 aromatic rings. The van der Waals surface area contributed by atoms with E-state index in [-0.39, 0.29) is 22.2 Å². The average Bonchev–Trinajstić information content (AvgIpc) is 3.11. The number of benzene rings is 1. The van der Waals surface area contributed by atoms with Crippen molar-refractivity contribution in [1.82, 2.24) is 10.0 Å². The fourth-order valence-corrected chi connectivity index (χ4v) is 2.60. The number of carbonyl (C=O) groups excluding carboxylic acids is 2. The molecule has 0 aliphatic heterocycles. The highest BCUT2D eigenvalue weighted by Gasteiger charge is 2.26. The number of sulfonamides is 1. The summed E-state index contributed by atoms with van der Waals surface area (Å²) in [6, 6.07) is 2.73. The SMILES string of the molecule is NC(=O)c1ccc(S(=O)(=O)NC(=O)NC2CC2)c(N)c1. The molecule has 20 heavy (non-hydrogen) atoms. The van der Waals surface area contributed by atoms with Gasteiger partial charge in [0.25, 0.3) is 10.0 Å². The molecule has 0 aromatic heterocycles. The number of primary amides is 1. The van der Waals surface area contributed by atoms with Crippen LogP contribution in [0, 0.1) is 0 Å². The third-order valence-corrected chi connectivity index (χ3v) is 4.13.